The molecule has 0 heterocycles. The minimum Gasteiger partial charge on any atom is -0.404 e. The summed E-state index contributed by atoms with van der Waals surface area (Å²) in [5.74, 6) is 0. The quantitative estimate of drug-likeness (QED) is 0.114. The first-order valence-electron chi connectivity index (χ1n) is 23.7. The van der Waals surface area contributed by atoms with Crippen molar-refractivity contribution in [3.63, 3.8) is 0 Å². The fraction of sp³-hybridized carbons (Fsp3) is 0. The molecule has 0 aromatic heterocycles. The SMILES string of the molecule is O[Si](O[Si](O[Si](O[Si](O[Si](O)(c1ccccc1)c1ccccc1)(c1ccccc1)c1ccccc1)(c1ccccc1)c1ccccc1)(c1ccccc1)c1ccccc1)(c1ccccc1)c1ccccc1. The fourth-order valence-electron chi connectivity index (χ4n) is 9.26. The highest BCUT2D eigenvalue weighted by atomic mass is 28.5. The molecule has 0 aliphatic rings. The maximum Gasteiger partial charge on any atom is 0.396 e. The second-order valence-electron chi connectivity index (χ2n) is 17.2. The molecule has 71 heavy (non-hydrogen) atoms. The molecule has 10 rings (SSSR count). The van der Waals surface area contributed by atoms with Crippen LogP contribution >= 0.6 is 0 Å². The molecule has 11 heteroatoms. The molecule has 10 aromatic carbocycles. The van der Waals surface area contributed by atoms with E-state index in [1.54, 1.807) is 0 Å². The predicted octanol–water partition coefficient (Wildman–Crippen LogP) is 5.32. The monoisotopic (exact) mass is 1010 g/mol. The summed E-state index contributed by atoms with van der Waals surface area (Å²) in [5, 5.41) is 7.27. The van der Waals surface area contributed by atoms with Crippen molar-refractivity contribution >= 4 is 94.7 Å². The Bertz CT molecular complexity index is 2830. The fourth-order valence-corrected chi connectivity index (χ4v) is 33.0. The predicted molar refractivity (Wildman–Crippen MR) is 298 cm³/mol. The van der Waals surface area contributed by atoms with Gasteiger partial charge in [-0.3, -0.25) is 0 Å². The van der Waals surface area contributed by atoms with Crippen LogP contribution in [0.3, 0.4) is 0 Å². The Labute approximate surface area is 421 Å². The summed E-state index contributed by atoms with van der Waals surface area (Å²) in [5.41, 5.74) is 0. The van der Waals surface area contributed by atoms with Crippen LogP contribution in [0.15, 0.2) is 303 Å². The van der Waals surface area contributed by atoms with Crippen molar-refractivity contribution in [3.8, 4) is 0 Å². The van der Waals surface area contributed by atoms with Crippen molar-refractivity contribution in [3.05, 3.63) is 303 Å². The molecule has 0 spiro atoms. The van der Waals surface area contributed by atoms with E-state index in [0.29, 0.717) is 20.7 Å². The van der Waals surface area contributed by atoms with Crippen molar-refractivity contribution in [2.45, 2.75) is 0 Å². The molecule has 348 valence electrons. The van der Waals surface area contributed by atoms with Crippen LogP contribution < -0.4 is 51.9 Å². The van der Waals surface area contributed by atoms with Crippen molar-refractivity contribution < 1.29 is 26.1 Å². The molecule has 0 fully saturated rings. The molecule has 0 aliphatic heterocycles. The van der Waals surface area contributed by atoms with E-state index in [-0.39, 0.29) is 0 Å². The van der Waals surface area contributed by atoms with Crippen molar-refractivity contribution in [1.82, 2.24) is 0 Å². The number of benzene rings is 10. The third kappa shape index (κ3) is 9.53. The Hall–Kier alpha value is -6.96. The van der Waals surface area contributed by atoms with E-state index in [1.165, 1.54) is 0 Å². The summed E-state index contributed by atoms with van der Waals surface area (Å²) < 4.78 is 33.3. The Morgan fingerprint density at radius 3 is 0.451 bits per heavy atom. The minimum atomic E-state index is -4.46. The third-order valence-corrected chi connectivity index (χ3v) is 33.0. The summed E-state index contributed by atoms with van der Waals surface area (Å²) in [7, 11) is -21.7. The van der Waals surface area contributed by atoms with Crippen LogP contribution in [-0.2, 0) is 16.5 Å². The highest BCUT2D eigenvalue weighted by Gasteiger charge is 2.64. The Morgan fingerprint density at radius 2 is 0.296 bits per heavy atom. The molecule has 0 aliphatic carbocycles. The lowest BCUT2D eigenvalue weighted by Gasteiger charge is -2.48. The van der Waals surface area contributed by atoms with E-state index in [2.05, 4.69) is 24.3 Å². The summed E-state index contributed by atoms with van der Waals surface area (Å²) in [6.07, 6.45) is 0. The molecule has 0 amide bonds. The zero-order valence-electron chi connectivity index (χ0n) is 38.9. The van der Waals surface area contributed by atoms with E-state index in [4.69, 9.17) is 16.5 Å². The lowest BCUT2D eigenvalue weighted by atomic mass is 10.4. The molecule has 6 nitrogen and oxygen atoms in total. The summed E-state index contributed by atoms with van der Waals surface area (Å²) in [4.78, 5) is 27.9. The smallest absolute Gasteiger partial charge is 0.396 e. The first-order valence-corrected chi connectivity index (χ1v) is 32.8. The zero-order chi connectivity index (χ0) is 48.5. The minimum absolute atomic E-state index is 0.661. The summed E-state index contributed by atoms with van der Waals surface area (Å²) in [6, 6.07) is 99.4. The van der Waals surface area contributed by atoms with Crippen molar-refractivity contribution in [1.29, 1.82) is 0 Å². The maximum absolute atomic E-state index is 13.9. The van der Waals surface area contributed by atoms with Crippen LogP contribution in [0.25, 0.3) is 0 Å². The molecule has 0 saturated carbocycles. The Kier molecular flexibility index (Phi) is 14.2. The van der Waals surface area contributed by atoms with Gasteiger partial charge in [-0.1, -0.05) is 303 Å². The van der Waals surface area contributed by atoms with Crippen LogP contribution in [0, 0.1) is 0 Å². The van der Waals surface area contributed by atoms with E-state index in [1.807, 2.05) is 279 Å². The molecule has 0 atom stereocenters. The van der Waals surface area contributed by atoms with Gasteiger partial charge in [0.15, 0.2) is 0 Å². The van der Waals surface area contributed by atoms with Crippen LogP contribution in [0.2, 0.25) is 0 Å². The van der Waals surface area contributed by atoms with Gasteiger partial charge in [-0.25, -0.2) is 0 Å². The molecular weight excluding hydrogens is 957 g/mol. The van der Waals surface area contributed by atoms with Crippen LogP contribution in [0.5, 0.6) is 0 Å². The molecule has 0 saturated heterocycles. The van der Waals surface area contributed by atoms with Crippen LogP contribution in [-0.4, -0.2) is 52.4 Å². The highest BCUT2D eigenvalue weighted by Crippen LogP contribution is 2.28. The van der Waals surface area contributed by atoms with Crippen molar-refractivity contribution in [2.24, 2.45) is 0 Å². The number of rotatable bonds is 18. The number of hydrogen-bond acceptors (Lipinski definition) is 6. The van der Waals surface area contributed by atoms with Crippen molar-refractivity contribution in [2.75, 3.05) is 0 Å². The number of hydrogen-bond donors (Lipinski definition) is 2. The van der Waals surface area contributed by atoms with E-state index < -0.39 is 42.8 Å². The zero-order valence-corrected chi connectivity index (χ0v) is 43.9. The van der Waals surface area contributed by atoms with Gasteiger partial charge < -0.3 is 26.1 Å². The highest BCUT2D eigenvalue weighted by molar-refractivity contribution is 7.13. The summed E-state index contributed by atoms with van der Waals surface area (Å²) in [6.45, 7) is 0. The lowest BCUT2D eigenvalue weighted by Crippen LogP contribution is -2.84. The molecule has 0 radical (unpaired) electrons. The first-order chi connectivity index (χ1) is 34.9. The molecule has 2 N–H and O–H groups in total. The first kappa shape index (κ1) is 47.7. The normalized spacial score (nSPS) is 12.3. The topological polar surface area (TPSA) is 77.4 Å². The maximum atomic E-state index is 13.9. The van der Waals surface area contributed by atoms with E-state index >= 15 is 0 Å². The van der Waals surface area contributed by atoms with Gasteiger partial charge >= 0.3 is 42.8 Å². The van der Waals surface area contributed by atoms with Gasteiger partial charge in [0.05, 0.1) is 0 Å². The van der Waals surface area contributed by atoms with Gasteiger partial charge in [-0.2, -0.15) is 0 Å². The van der Waals surface area contributed by atoms with Gasteiger partial charge in [0.25, 0.3) is 0 Å². The van der Waals surface area contributed by atoms with Crippen LogP contribution in [0.1, 0.15) is 0 Å². The Balaban J connectivity index is 1.34. The van der Waals surface area contributed by atoms with E-state index in [0.717, 1.165) is 31.1 Å². The molecule has 0 bridgehead atoms. The lowest BCUT2D eigenvalue weighted by molar-refractivity contribution is 0.297. The standard InChI is InChI=1S/C60H52O6Si5/c61-67(51-31-11-1-12-32-51,52-33-13-2-14-34-52)63-69(55-39-19-5-20-40-55,56-41-21-6-22-42-56)65-71(59-47-27-9-28-48-59,60-49-29-10-30-50-60)66-70(57-43-23-7-24-44-57,58-45-25-8-26-46-58)64-68(62,53-35-15-3-16-36-53)54-37-17-4-18-38-54/h1-50,61-62H. The van der Waals surface area contributed by atoms with Gasteiger partial charge in [-0.15, -0.1) is 0 Å². The molecule has 0 unspecified atom stereocenters. The van der Waals surface area contributed by atoms with Gasteiger partial charge in [0.2, 0.25) is 0 Å². The molecular formula is C60H52O6Si5. The van der Waals surface area contributed by atoms with Gasteiger partial charge in [-0.05, 0) is 51.9 Å². The second-order valence-corrected chi connectivity index (χ2v) is 32.5. The third-order valence-electron chi connectivity index (χ3n) is 12.7. The summed E-state index contributed by atoms with van der Waals surface area (Å²) >= 11 is 0. The van der Waals surface area contributed by atoms with E-state index in [9.17, 15) is 9.59 Å². The van der Waals surface area contributed by atoms with Crippen LogP contribution in [0.4, 0.5) is 0 Å². The largest absolute Gasteiger partial charge is 0.404 e. The Morgan fingerprint density at radius 1 is 0.169 bits per heavy atom. The second kappa shape index (κ2) is 21.2. The molecule has 10 aromatic rings. The van der Waals surface area contributed by atoms with Gasteiger partial charge in [0, 0.05) is 0 Å². The van der Waals surface area contributed by atoms with Gasteiger partial charge in [0.1, 0.15) is 0 Å². The average Bonchev–Trinajstić information content (AvgIpc) is 3.47. The average molecular weight is 1010 g/mol.